The zero-order chi connectivity index (χ0) is 11.1. The normalized spacial score (nSPS) is 24.9. The first-order valence-corrected chi connectivity index (χ1v) is 4.46. The second kappa shape index (κ2) is 2.98. The van der Waals surface area contributed by atoms with Gasteiger partial charge in [0.05, 0.1) is 0 Å². The minimum atomic E-state index is -1.19. The van der Waals surface area contributed by atoms with Gasteiger partial charge in [-0.3, -0.25) is 10.1 Å². The van der Waals surface area contributed by atoms with E-state index < -0.39 is 17.5 Å². The predicted molar refractivity (Wildman–Crippen MR) is 52.1 cm³/mol. The van der Waals surface area contributed by atoms with Crippen molar-refractivity contribution in [2.45, 2.75) is 12.5 Å². The Morgan fingerprint density at radius 1 is 1.27 bits per heavy atom. The Morgan fingerprint density at radius 3 is 2.47 bits per heavy atom. The summed E-state index contributed by atoms with van der Waals surface area (Å²) in [7, 11) is 0. The fourth-order valence-corrected chi connectivity index (χ4v) is 1.63. The number of carbonyl (C=O) groups excluding carboxylic acids is 2. The number of carbonyl (C=O) groups is 2. The average molecular weight is 206 g/mol. The Labute approximate surface area is 86.1 Å². The van der Waals surface area contributed by atoms with Gasteiger partial charge in [-0.25, -0.2) is 4.79 Å². The molecule has 5 nitrogen and oxygen atoms in total. The van der Waals surface area contributed by atoms with Crippen LogP contribution in [0.2, 0.25) is 0 Å². The molecule has 2 rings (SSSR count). The van der Waals surface area contributed by atoms with Crippen molar-refractivity contribution in [3.63, 3.8) is 0 Å². The third-order valence-electron chi connectivity index (χ3n) is 2.49. The van der Waals surface area contributed by atoms with Gasteiger partial charge in [-0.05, 0) is 13.0 Å². The number of hydrogen-bond donors (Lipinski definition) is 3. The molecule has 0 aliphatic carbocycles. The maximum Gasteiger partial charge on any atom is 0.322 e. The van der Waals surface area contributed by atoms with Gasteiger partial charge in [-0.1, -0.05) is 18.2 Å². The van der Waals surface area contributed by atoms with E-state index in [1.807, 2.05) is 0 Å². The van der Waals surface area contributed by atoms with Crippen molar-refractivity contribution >= 4 is 11.9 Å². The van der Waals surface area contributed by atoms with E-state index in [1.165, 1.54) is 6.07 Å². The fourth-order valence-electron chi connectivity index (χ4n) is 1.63. The fraction of sp³-hybridized carbons (Fsp3) is 0.200. The summed E-state index contributed by atoms with van der Waals surface area (Å²) in [6.07, 6.45) is 0. The number of nitrogens with one attached hydrogen (secondary N) is 2. The molecule has 0 spiro atoms. The second-order valence-corrected chi connectivity index (χ2v) is 3.55. The Balaban J connectivity index is 2.51. The molecule has 3 amide bonds. The Morgan fingerprint density at radius 2 is 1.93 bits per heavy atom. The van der Waals surface area contributed by atoms with Crippen LogP contribution in [0.3, 0.4) is 0 Å². The minimum absolute atomic E-state index is 0.0163. The Bertz CT molecular complexity index is 444. The van der Waals surface area contributed by atoms with Gasteiger partial charge in [0.1, 0.15) is 11.3 Å². The molecule has 1 saturated heterocycles. The Kier molecular flexibility index (Phi) is 1.89. The lowest BCUT2D eigenvalue weighted by Gasteiger charge is -2.21. The van der Waals surface area contributed by atoms with Crippen molar-refractivity contribution in [1.82, 2.24) is 10.6 Å². The molecule has 1 unspecified atom stereocenters. The second-order valence-electron chi connectivity index (χ2n) is 3.55. The molecule has 1 atom stereocenters. The summed E-state index contributed by atoms with van der Waals surface area (Å²) < 4.78 is 0. The summed E-state index contributed by atoms with van der Waals surface area (Å²) in [4.78, 5) is 22.6. The predicted octanol–water partition coefficient (Wildman–Crippen LogP) is 0.447. The smallest absolute Gasteiger partial charge is 0.322 e. The quantitative estimate of drug-likeness (QED) is 0.583. The monoisotopic (exact) mass is 206 g/mol. The first kappa shape index (κ1) is 9.51. The molecule has 1 aliphatic heterocycles. The van der Waals surface area contributed by atoms with Crippen LogP contribution in [0.4, 0.5) is 4.79 Å². The molecule has 78 valence electrons. The molecule has 0 radical (unpaired) electrons. The van der Waals surface area contributed by atoms with Crippen molar-refractivity contribution in [2.75, 3.05) is 0 Å². The highest BCUT2D eigenvalue weighted by Gasteiger charge is 2.44. The van der Waals surface area contributed by atoms with E-state index in [1.54, 1.807) is 25.1 Å². The highest BCUT2D eigenvalue weighted by Crippen LogP contribution is 2.30. The number of para-hydroxylation sites is 1. The molecule has 1 fully saturated rings. The van der Waals surface area contributed by atoms with Gasteiger partial charge in [0, 0.05) is 5.56 Å². The van der Waals surface area contributed by atoms with Crippen LogP contribution >= 0.6 is 0 Å². The SMILES string of the molecule is CC1(c2ccccc2O)NC(=O)NC1=O. The van der Waals surface area contributed by atoms with E-state index in [2.05, 4.69) is 10.6 Å². The van der Waals surface area contributed by atoms with E-state index in [-0.39, 0.29) is 5.75 Å². The van der Waals surface area contributed by atoms with Crippen LogP contribution in [0, 0.1) is 0 Å². The molecular formula is C10H10N2O3. The molecule has 1 heterocycles. The lowest BCUT2D eigenvalue weighted by Crippen LogP contribution is -2.40. The minimum Gasteiger partial charge on any atom is -0.508 e. The molecule has 1 aliphatic rings. The number of aromatic hydroxyl groups is 1. The number of imide groups is 1. The third-order valence-corrected chi connectivity index (χ3v) is 2.49. The van der Waals surface area contributed by atoms with Gasteiger partial charge in [-0.15, -0.1) is 0 Å². The van der Waals surface area contributed by atoms with E-state index in [0.717, 1.165) is 0 Å². The lowest BCUT2D eigenvalue weighted by atomic mass is 9.91. The number of phenols is 1. The maximum atomic E-state index is 11.6. The van der Waals surface area contributed by atoms with Crippen LogP contribution in [-0.4, -0.2) is 17.0 Å². The van der Waals surface area contributed by atoms with Crippen molar-refractivity contribution < 1.29 is 14.7 Å². The molecule has 1 aromatic carbocycles. The van der Waals surface area contributed by atoms with Crippen molar-refractivity contribution in [2.24, 2.45) is 0 Å². The summed E-state index contributed by atoms with van der Waals surface area (Å²) in [5.74, 6) is -0.480. The average Bonchev–Trinajstić information content (AvgIpc) is 2.42. The van der Waals surface area contributed by atoms with Crippen LogP contribution in [0.1, 0.15) is 12.5 Å². The molecule has 15 heavy (non-hydrogen) atoms. The van der Waals surface area contributed by atoms with Crippen LogP contribution < -0.4 is 10.6 Å². The molecule has 3 N–H and O–H groups in total. The zero-order valence-electron chi connectivity index (χ0n) is 8.07. The molecule has 0 saturated carbocycles. The highest BCUT2D eigenvalue weighted by atomic mass is 16.3. The topological polar surface area (TPSA) is 78.4 Å². The maximum absolute atomic E-state index is 11.6. The van der Waals surface area contributed by atoms with Gasteiger partial charge in [-0.2, -0.15) is 0 Å². The molecular weight excluding hydrogens is 196 g/mol. The Hall–Kier alpha value is -2.04. The molecule has 1 aromatic rings. The summed E-state index contributed by atoms with van der Waals surface area (Å²) in [6, 6.07) is 5.86. The number of urea groups is 1. The highest BCUT2D eigenvalue weighted by molar-refractivity contribution is 6.07. The lowest BCUT2D eigenvalue weighted by molar-refractivity contribution is -0.123. The van der Waals surface area contributed by atoms with Crippen molar-refractivity contribution in [1.29, 1.82) is 0 Å². The number of benzene rings is 1. The van der Waals surface area contributed by atoms with E-state index in [0.29, 0.717) is 5.56 Å². The largest absolute Gasteiger partial charge is 0.508 e. The standard InChI is InChI=1S/C10H10N2O3/c1-10(8(14)11-9(15)12-10)6-4-2-3-5-7(6)13/h2-5,13H,1H3,(H2,11,12,14,15). The number of phenolic OH excluding ortho intramolecular Hbond substituents is 1. The summed E-state index contributed by atoms with van der Waals surface area (Å²) in [5.41, 5.74) is -0.809. The number of rotatable bonds is 1. The van der Waals surface area contributed by atoms with Gasteiger partial charge in [0.25, 0.3) is 5.91 Å². The first-order valence-electron chi connectivity index (χ1n) is 4.46. The first-order chi connectivity index (χ1) is 7.04. The van der Waals surface area contributed by atoms with Crippen LogP contribution in [0.5, 0.6) is 5.75 Å². The number of amides is 3. The van der Waals surface area contributed by atoms with Crippen LogP contribution in [0.25, 0.3) is 0 Å². The van der Waals surface area contributed by atoms with Crippen LogP contribution in [0.15, 0.2) is 24.3 Å². The van der Waals surface area contributed by atoms with Gasteiger partial charge >= 0.3 is 6.03 Å². The summed E-state index contributed by atoms with van der Waals surface area (Å²) in [6.45, 7) is 1.54. The van der Waals surface area contributed by atoms with Gasteiger partial charge in [0.2, 0.25) is 0 Å². The van der Waals surface area contributed by atoms with E-state index >= 15 is 0 Å². The molecule has 0 bridgehead atoms. The van der Waals surface area contributed by atoms with Gasteiger partial charge < -0.3 is 10.4 Å². The van der Waals surface area contributed by atoms with E-state index in [9.17, 15) is 14.7 Å². The van der Waals surface area contributed by atoms with Crippen molar-refractivity contribution in [3.8, 4) is 5.75 Å². The molecule has 5 heteroatoms. The zero-order valence-corrected chi connectivity index (χ0v) is 8.07. The number of hydrogen-bond acceptors (Lipinski definition) is 3. The summed E-state index contributed by atoms with van der Waals surface area (Å²) in [5, 5.41) is 14.2. The van der Waals surface area contributed by atoms with Crippen molar-refractivity contribution in [3.05, 3.63) is 29.8 Å². The molecule has 0 aromatic heterocycles. The van der Waals surface area contributed by atoms with Crippen LogP contribution in [-0.2, 0) is 10.3 Å². The van der Waals surface area contributed by atoms with E-state index in [4.69, 9.17) is 0 Å². The third kappa shape index (κ3) is 1.32. The summed E-state index contributed by atoms with van der Waals surface area (Å²) >= 11 is 0. The van der Waals surface area contributed by atoms with Gasteiger partial charge in [0.15, 0.2) is 0 Å².